The van der Waals surface area contributed by atoms with Crippen LogP contribution in [0.5, 0.6) is 11.5 Å². The second kappa shape index (κ2) is 9.47. The standard InChI is InChI=1S/C9H8O4.C9H8O2/c10-7-3-1-6(5-8(7)11)2-4-9(12)13;10-9(11)7-6-8-4-2-1-3-5-8/h1-5,10-11H,(H,12,13);1-7H,(H,10,11)/b4-2+;. The molecule has 0 heterocycles. The molecule has 0 spiro atoms. The van der Waals surface area contributed by atoms with E-state index in [0.29, 0.717) is 5.56 Å². The van der Waals surface area contributed by atoms with Gasteiger partial charge in [0.1, 0.15) is 0 Å². The highest BCUT2D eigenvalue weighted by Crippen LogP contribution is 2.25. The molecular formula is C18H16O6. The third-order valence-corrected chi connectivity index (χ3v) is 2.64. The van der Waals surface area contributed by atoms with Crippen LogP contribution in [0.4, 0.5) is 0 Å². The van der Waals surface area contributed by atoms with Gasteiger partial charge in [0.2, 0.25) is 0 Å². The van der Waals surface area contributed by atoms with E-state index in [1.807, 2.05) is 30.3 Å². The molecule has 0 saturated carbocycles. The highest BCUT2D eigenvalue weighted by Gasteiger charge is 1.97. The molecule has 2 rings (SSSR count). The average Bonchev–Trinajstić information content (AvgIpc) is 2.55. The van der Waals surface area contributed by atoms with Crippen LogP contribution in [-0.4, -0.2) is 32.4 Å². The normalized spacial score (nSPS) is 10.3. The van der Waals surface area contributed by atoms with Crippen LogP contribution < -0.4 is 0 Å². The Bertz CT molecular complexity index is 747. The summed E-state index contributed by atoms with van der Waals surface area (Å²) >= 11 is 0. The molecule has 0 aromatic heterocycles. The van der Waals surface area contributed by atoms with E-state index in [9.17, 15) is 9.59 Å². The van der Waals surface area contributed by atoms with Gasteiger partial charge in [0.05, 0.1) is 0 Å². The van der Waals surface area contributed by atoms with Crippen molar-refractivity contribution in [2.45, 2.75) is 0 Å². The predicted octanol–water partition coefficient (Wildman–Crippen LogP) is 2.98. The fourth-order valence-corrected chi connectivity index (χ4v) is 1.54. The zero-order valence-corrected chi connectivity index (χ0v) is 12.5. The van der Waals surface area contributed by atoms with Gasteiger partial charge < -0.3 is 20.4 Å². The van der Waals surface area contributed by atoms with E-state index in [1.54, 1.807) is 6.08 Å². The number of hydrogen-bond donors (Lipinski definition) is 4. The molecular weight excluding hydrogens is 312 g/mol. The predicted molar refractivity (Wildman–Crippen MR) is 89.6 cm³/mol. The van der Waals surface area contributed by atoms with Crippen LogP contribution in [0.2, 0.25) is 0 Å². The summed E-state index contributed by atoms with van der Waals surface area (Å²) in [5.74, 6) is -2.48. The van der Waals surface area contributed by atoms with Gasteiger partial charge in [-0.3, -0.25) is 0 Å². The number of benzene rings is 2. The Balaban J connectivity index is 0.000000243. The van der Waals surface area contributed by atoms with Gasteiger partial charge in [-0.15, -0.1) is 0 Å². The highest BCUT2D eigenvalue weighted by atomic mass is 16.4. The molecule has 6 heteroatoms. The zero-order valence-electron chi connectivity index (χ0n) is 12.5. The third-order valence-electron chi connectivity index (χ3n) is 2.64. The Hall–Kier alpha value is -3.54. The molecule has 0 bridgehead atoms. The van der Waals surface area contributed by atoms with Gasteiger partial charge in [-0.25, -0.2) is 9.59 Å². The van der Waals surface area contributed by atoms with E-state index in [4.69, 9.17) is 20.4 Å². The third kappa shape index (κ3) is 7.46. The second-order valence-electron chi connectivity index (χ2n) is 4.50. The summed E-state index contributed by atoms with van der Waals surface area (Å²) in [4.78, 5) is 20.2. The fraction of sp³-hybridized carbons (Fsp3) is 0. The molecule has 4 N–H and O–H groups in total. The van der Waals surface area contributed by atoms with Crippen LogP contribution in [0, 0.1) is 0 Å². The van der Waals surface area contributed by atoms with Crippen molar-refractivity contribution in [3.8, 4) is 11.5 Å². The van der Waals surface area contributed by atoms with E-state index in [2.05, 4.69) is 0 Å². The average molecular weight is 328 g/mol. The van der Waals surface area contributed by atoms with E-state index >= 15 is 0 Å². The number of phenolic OH excluding ortho intramolecular Hbond substituents is 2. The number of carboxylic acid groups (broad SMARTS) is 2. The first-order valence-electron chi connectivity index (χ1n) is 6.77. The van der Waals surface area contributed by atoms with Crippen molar-refractivity contribution >= 4 is 24.1 Å². The number of carbonyl (C=O) groups is 2. The number of aromatic hydroxyl groups is 2. The summed E-state index contributed by atoms with van der Waals surface area (Å²) in [6.45, 7) is 0. The van der Waals surface area contributed by atoms with Gasteiger partial charge in [-0.05, 0) is 35.4 Å². The zero-order chi connectivity index (χ0) is 17.9. The van der Waals surface area contributed by atoms with Gasteiger partial charge in [-0.1, -0.05) is 36.4 Å². The molecule has 0 aliphatic carbocycles. The quantitative estimate of drug-likeness (QED) is 0.506. The molecule has 0 aliphatic heterocycles. The first kappa shape index (κ1) is 18.5. The van der Waals surface area contributed by atoms with Crippen molar-refractivity contribution in [2.75, 3.05) is 0 Å². The molecule has 0 radical (unpaired) electrons. The first-order chi connectivity index (χ1) is 11.4. The SMILES string of the molecule is O=C(O)/C=C/c1ccc(O)c(O)c1.O=C(O)C=Cc1ccccc1. The lowest BCUT2D eigenvalue weighted by atomic mass is 10.2. The van der Waals surface area contributed by atoms with E-state index in [0.717, 1.165) is 17.7 Å². The maximum absolute atomic E-state index is 10.1. The van der Waals surface area contributed by atoms with Crippen molar-refractivity contribution in [1.29, 1.82) is 0 Å². The van der Waals surface area contributed by atoms with Crippen molar-refractivity contribution in [3.63, 3.8) is 0 Å². The summed E-state index contributed by atoms with van der Waals surface area (Å²) in [6, 6.07) is 13.4. The lowest BCUT2D eigenvalue weighted by Gasteiger charge is -1.97. The van der Waals surface area contributed by atoms with Crippen LogP contribution in [0.1, 0.15) is 11.1 Å². The van der Waals surface area contributed by atoms with Crippen molar-refractivity contribution in [3.05, 3.63) is 71.8 Å². The van der Waals surface area contributed by atoms with Crippen LogP contribution in [-0.2, 0) is 9.59 Å². The molecule has 6 nitrogen and oxygen atoms in total. The van der Waals surface area contributed by atoms with Crippen molar-refractivity contribution in [1.82, 2.24) is 0 Å². The lowest BCUT2D eigenvalue weighted by Crippen LogP contribution is -1.85. The second-order valence-corrected chi connectivity index (χ2v) is 4.50. The van der Waals surface area contributed by atoms with Crippen molar-refractivity contribution in [2.24, 2.45) is 0 Å². The maximum atomic E-state index is 10.1. The smallest absolute Gasteiger partial charge is 0.328 e. The Kier molecular flexibility index (Phi) is 7.30. The number of aliphatic carboxylic acids is 2. The fourth-order valence-electron chi connectivity index (χ4n) is 1.54. The van der Waals surface area contributed by atoms with Gasteiger partial charge >= 0.3 is 11.9 Å². The minimum Gasteiger partial charge on any atom is -0.504 e. The Morgan fingerprint density at radius 3 is 1.75 bits per heavy atom. The molecule has 24 heavy (non-hydrogen) atoms. The molecule has 0 fully saturated rings. The van der Waals surface area contributed by atoms with Gasteiger partial charge in [0, 0.05) is 12.2 Å². The van der Waals surface area contributed by atoms with Gasteiger partial charge in [-0.2, -0.15) is 0 Å². The minimum absolute atomic E-state index is 0.229. The number of phenols is 2. The van der Waals surface area contributed by atoms with E-state index in [1.165, 1.54) is 24.3 Å². The summed E-state index contributed by atoms with van der Waals surface area (Å²) in [7, 11) is 0. The van der Waals surface area contributed by atoms with E-state index < -0.39 is 11.9 Å². The highest BCUT2D eigenvalue weighted by molar-refractivity contribution is 5.85. The first-order valence-corrected chi connectivity index (χ1v) is 6.77. The van der Waals surface area contributed by atoms with Crippen LogP contribution in [0.25, 0.3) is 12.2 Å². The molecule has 0 atom stereocenters. The Morgan fingerprint density at radius 1 is 0.708 bits per heavy atom. The van der Waals surface area contributed by atoms with Crippen LogP contribution in [0.3, 0.4) is 0 Å². The van der Waals surface area contributed by atoms with E-state index in [-0.39, 0.29) is 11.5 Å². The van der Waals surface area contributed by atoms with Crippen LogP contribution >= 0.6 is 0 Å². The molecule has 0 unspecified atom stereocenters. The lowest BCUT2D eigenvalue weighted by molar-refractivity contribution is -0.132. The largest absolute Gasteiger partial charge is 0.504 e. The molecule has 124 valence electrons. The molecule has 2 aromatic carbocycles. The maximum Gasteiger partial charge on any atom is 0.328 e. The molecule has 0 amide bonds. The number of carboxylic acids is 2. The summed E-state index contributed by atoms with van der Waals surface area (Å²) in [5, 5.41) is 34.6. The summed E-state index contributed by atoms with van der Waals surface area (Å²) < 4.78 is 0. The van der Waals surface area contributed by atoms with Crippen molar-refractivity contribution < 1.29 is 30.0 Å². The molecule has 0 aliphatic rings. The Labute approximate surface area is 138 Å². The molecule has 0 saturated heterocycles. The minimum atomic E-state index is -1.06. The Morgan fingerprint density at radius 2 is 1.25 bits per heavy atom. The van der Waals surface area contributed by atoms with Gasteiger partial charge in [0.25, 0.3) is 0 Å². The monoisotopic (exact) mass is 328 g/mol. The summed E-state index contributed by atoms with van der Waals surface area (Å²) in [6.07, 6.45) is 4.95. The number of rotatable bonds is 4. The summed E-state index contributed by atoms with van der Waals surface area (Å²) in [5.41, 5.74) is 1.41. The van der Waals surface area contributed by atoms with Gasteiger partial charge in [0.15, 0.2) is 11.5 Å². The number of hydrogen-bond acceptors (Lipinski definition) is 4. The van der Waals surface area contributed by atoms with Crippen LogP contribution in [0.15, 0.2) is 60.7 Å². The topological polar surface area (TPSA) is 115 Å². The molecule has 2 aromatic rings.